The molecule has 0 atom stereocenters. The summed E-state index contributed by atoms with van der Waals surface area (Å²) in [5.41, 5.74) is 3.86. The van der Waals surface area contributed by atoms with Gasteiger partial charge in [-0.15, -0.1) is 11.3 Å². The van der Waals surface area contributed by atoms with Crippen molar-refractivity contribution in [3.8, 4) is 0 Å². The molecule has 1 amide bonds. The standard InChI is InChI=1S/C22H30N2O2S/c1-3-7-20-17(4-2)14-21(27-20)22(25)23-15-18-8-5-6-9-19(18)16-24-10-12-26-13-11-24/h5-6,8-9,14H,3-4,7,10-13,15-16H2,1-2H3,(H,23,25)/p+1. The summed E-state index contributed by atoms with van der Waals surface area (Å²) >= 11 is 1.65. The lowest BCUT2D eigenvalue weighted by molar-refractivity contribution is -0.921. The van der Waals surface area contributed by atoms with E-state index in [1.165, 1.54) is 21.6 Å². The van der Waals surface area contributed by atoms with Crippen LogP contribution < -0.4 is 10.2 Å². The Morgan fingerprint density at radius 1 is 1.15 bits per heavy atom. The van der Waals surface area contributed by atoms with E-state index in [1.54, 1.807) is 16.2 Å². The number of amides is 1. The third kappa shape index (κ3) is 5.41. The van der Waals surface area contributed by atoms with Gasteiger partial charge in [0.2, 0.25) is 0 Å². The molecule has 1 aromatic heterocycles. The van der Waals surface area contributed by atoms with Crippen molar-refractivity contribution in [2.75, 3.05) is 26.3 Å². The van der Waals surface area contributed by atoms with Crippen LogP contribution in [0.2, 0.25) is 0 Å². The maximum atomic E-state index is 12.7. The zero-order valence-electron chi connectivity index (χ0n) is 16.5. The maximum Gasteiger partial charge on any atom is 0.261 e. The van der Waals surface area contributed by atoms with Crippen LogP contribution in [0.25, 0.3) is 0 Å². The van der Waals surface area contributed by atoms with Gasteiger partial charge in [0.15, 0.2) is 0 Å². The predicted octanol–water partition coefficient (Wildman–Crippen LogP) is 2.61. The molecular weight excluding hydrogens is 356 g/mol. The highest BCUT2D eigenvalue weighted by molar-refractivity contribution is 7.14. The van der Waals surface area contributed by atoms with Crippen LogP contribution in [0.4, 0.5) is 0 Å². The van der Waals surface area contributed by atoms with Crippen LogP contribution in [0.15, 0.2) is 30.3 Å². The van der Waals surface area contributed by atoms with E-state index >= 15 is 0 Å². The van der Waals surface area contributed by atoms with Crippen molar-refractivity contribution in [1.29, 1.82) is 0 Å². The number of thiophene rings is 1. The molecule has 0 aliphatic carbocycles. The van der Waals surface area contributed by atoms with Crippen molar-refractivity contribution in [2.45, 2.75) is 46.2 Å². The first-order chi connectivity index (χ1) is 13.2. The lowest BCUT2D eigenvalue weighted by atomic mass is 10.1. The lowest BCUT2D eigenvalue weighted by Gasteiger charge is -2.24. The molecule has 2 aromatic rings. The molecule has 2 N–H and O–H groups in total. The Kier molecular flexibility index (Phi) is 7.44. The molecule has 1 aromatic carbocycles. The first-order valence-electron chi connectivity index (χ1n) is 10.1. The quantitative estimate of drug-likeness (QED) is 0.731. The summed E-state index contributed by atoms with van der Waals surface area (Å²) in [7, 11) is 0. The maximum absolute atomic E-state index is 12.7. The fraction of sp³-hybridized carbons (Fsp3) is 0.500. The number of benzene rings is 1. The first-order valence-corrected chi connectivity index (χ1v) is 10.9. The molecule has 0 spiro atoms. The number of carbonyl (C=O) groups excluding carboxylic acids is 1. The SMILES string of the molecule is CCCc1sc(C(=O)NCc2ccccc2C[NH+]2CCOCC2)cc1CC. The Balaban J connectivity index is 1.63. The number of hydrogen-bond donors (Lipinski definition) is 2. The van der Waals surface area contributed by atoms with E-state index in [-0.39, 0.29) is 5.91 Å². The van der Waals surface area contributed by atoms with Crippen LogP contribution in [0.3, 0.4) is 0 Å². The summed E-state index contributed by atoms with van der Waals surface area (Å²) in [4.78, 5) is 16.4. The molecule has 1 aliphatic heterocycles. The van der Waals surface area contributed by atoms with Gasteiger partial charge in [0, 0.05) is 17.0 Å². The Morgan fingerprint density at radius 2 is 1.89 bits per heavy atom. The summed E-state index contributed by atoms with van der Waals surface area (Å²) in [5.74, 6) is 0.0468. The average Bonchev–Trinajstić information content (AvgIpc) is 3.11. The fourth-order valence-corrected chi connectivity index (χ4v) is 4.86. The van der Waals surface area contributed by atoms with Crippen LogP contribution in [-0.4, -0.2) is 32.2 Å². The zero-order chi connectivity index (χ0) is 19.1. The molecule has 5 heteroatoms. The monoisotopic (exact) mass is 387 g/mol. The number of ether oxygens (including phenoxy) is 1. The van der Waals surface area contributed by atoms with Crippen LogP contribution in [0, 0.1) is 0 Å². The van der Waals surface area contributed by atoms with Crippen LogP contribution >= 0.6 is 11.3 Å². The largest absolute Gasteiger partial charge is 0.370 e. The van der Waals surface area contributed by atoms with E-state index in [4.69, 9.17) is 4.74 Å². The number of morpholine rings is 1. The molecule has 3 rings (SSSR count). The lowest BCUT2D eigenvalue weighted by Crippen LogP contribution is -3.12. The highest BCUT2D eigenvalue weighted by Gasteiger charge is 2.17. The van der Waals surface area contributed by atoms with E-state index in [0.29, 0.717) is 6.54 Å². The molecule has 1 fully saturated rings. The van der Waals surface area contributed by atoms with Gasteiger partial charge in [-0.05, 0) is 30.0 Å². The van der Waals surface area contributed by atoms with Crippen LogP contribution in [0.1, 0.15) is 51.5 Å². The van der Waals surface area contributed by atoms with Crippen molar-refractivity contribution < 1.29 is 14.4 Å². The third-order valence-corrected chi connectivity index (χ3v) is 6.41. The summed E-state index contributed by atoms with van der Waals surface area (Å²) in [6, 6.07) is 10.5. The smallest absolute Gasteiger partial charge is 0.261 e. The second-order valence-corrected chi connectivity index (χ2v) is 8.29. The van der Waals surface area contributed by atoms with Gasteiger partial charge < -0.3 is 15.0 Å². The fourth-order valence-electron chi connectivity index (χ4n) is 3.59. The summed E-state index contributed by atoms with van der Waals surface area (Å²) in [5, 5.41) is 3.14. The molecule has 27 heavy (non-hydrogen) atoms. The molecule has 0 unspecified atom stereocenters. The van der Waals surface area contributed by atoms with Crippen molar-refractivity contribution in [2.24, 2.45) is 0 Å². The molecule has 0 saturated carbocycles. The number of hydrogen-bond acceptors (Lipinski definition) is 3. The molecular formula is C22H31N2O2S+. The van der Waals surface area contributed by atoms with Crippen molar-refractivity contribution >= 4 is 17.2 Å². The molecule has 2 heterocycles. The van der Waals surface area contributed by atoms with Gasteiger partial charge in [-0.1, -0.05) is 44.5 Å². The molecule has 1 aliphatic rings. The highest BCUT2D eigenvalue weighted by Crippen LogP contribution is 2.24. The average molecular weight is 388 g/mol. The van der Waals surface area contributed by atoms with Gasteiger partial charge >= 0.3 is 0 Å². The van der Waals surface area contributed by atoms with Gasteiger partial charge in [0.25, 0.3) is 5.91 Å². The molecule has 4 nitrogen and oxygen atoms in total. The number of quaternary nitrogens is 1. The Hall–Kier alpha value is -1.69. The minimum atomic E-state index is 0.0468. The van der Waals surface area contributed by atoms with Gasteiger partial charge in [0.05, 0.1) is 18.1 Å². The summed E-state index contributed by atoms with van der Waals surface area (Å²) in [6.45, 7) is 9.71. The third-order valence-electron chi connectivity index (χ3n) is 5.18. The highest BCUT2D eigenvalue weighted by atomic mass is 32.1. The Bertz CT molecular complexity index is 751. The van der Waals surface area contributed by atoms with Crippen molar-refractivity contribution in [3.05, 3.63) is 56.8 Å². The van der Waals surface area contributed by atoms with E-state index in [9.17, 15) is 4.79 Å². The number of nitrogens with one attached hydrogen (secondary N) is 2. The van der Waals surface area contributed by atoms with Gasteiger partial charge in [-0.3, -0.25) is 4.79 Å². The van der Waals surface area contributed by atoms with E-state index < -0.39 is 0 Å². The second kappa shape index (κ2) is 10.0. The summed E-state index contributed by atoms with van der Waals surface area (Å²) < 4.78 is 5.46. The van der Waals surface area contributed by atoms with Gasteiger partial charge in [-0.25, -0.2) is 0 Å². The van der Waals surface area contributed by atoms with Gasteiger partial charge in [0.1, 0.15) is 19.6 Å². The second-order valence-electron chi connectivity index (χ2n) is 7.15. The van der Waals surface area contributed by atoms with E-state index in [2.05, 4.69) is 49.5 Å². The zero-order valence-corrected chi connectivity index (χ0v) is 17.3. The molecule has 1 saturated heterocycles. The van der Waals surface area contributed by atoms with Crippen LogP contribution in [0.5, 0.6) is 0 Å². The predicted molar refractivity (Wildman–Crippen MR) is 111 cm³/mol. The summed E-state index contributed by atoms with van der Waals surface area (Å²) in [6.07, 6.45) is 3.17. The first kappa shape index (κ1) is 20.1. The van der Waals surface area contributed by atoms with Crippen molar-refractivity contribution in [1.82, 2.24) is 5.32 Å². The minimum Gasteiger partial charge on any atom is -0.370 e. The molecule has 0 bridgehead atoms. The Labute approximate surface area is 166 Å². The molecule has 146 valence electrons. The number of carbonyl (C=O) groups is 1. The van der Waals surface area contributed by atoms with Gasteiger partial charge in [-0.2, -0.15) is 0 Å². The molecule has 0 radical (unpaired) electrons. The topological polar surface area (TPSA) is 42.8 Å². The minimum absolute atomic E-state index is 0.0468. The number of aryl methyl sites for hydroxylation is 2. The van der Waals surface area contributed by atoms with Crippen molar-refractivity contribution in [3.63, 3.8) is 0 Å². The normalized spacial score (nSPS) is 15.0. The van der Waals surface area contributed by atoms with E-state index in [1.807, 2.05) is 0 Å². The van der Waals surface area contributed by atoms with Crippen LogP contribution in [-0.2, 0) is 30.7 Å². The Morgan fingerprint density at radius 3 is 2.59 bits per heavy atom. The van der Waals surface area contributed by atoms with E-state index in [0.717, 1.165) is 57.0 Å². The number of rotatable bonds is 8.